The summed E-state index contributed by atoms with van der Waals surface area (Å²) in [5.74, 6) is 0.183. The van der Waals surface area contributed by atoms with Crippen LogP contribution in [0.1, 0.15) is 37.7 Å². The third-order valence-corrected chi connectivity index (χ3v) is 2.68. The number of aromatic nitrogens is 1. The van der Waals surface area contributed by atoms with E-state index in [4.69, 9.17) is 0 Å². The van der Waals surface area contributed by atoms with Gasteiger partial charge in [0, 0.05) is 16.8 Å². The van der Waals surface area contributed by atoms with Crippen LogP contribution in [0.15, 0.2) is 12.1 Å². The molecule has 0 radical (unpaired) electrons. The molecular weight excluding hydrogens is 174 g/mol. The van der Waals surface area contributed by atoms with Gasteiger partial charge in [0.2, 0.25) is 0 Å². The molecule has 1 aromatic heterocycles. The molecule has 0 bridgehead atoms. The van der Waals surface area contributed by atoms with E-state index in [0.29, 0.717) is 0 Å². The van der Waals surface area contributed by atoms with Gasteiger partial charge < -0.3 is 0 Å². The molecule has 0 spiro atoms. The van der Waals surface area contributed by atoms with Gasteiger partial charge in [-0.05, 0) is 52.3 Å². The van der Waals surface area contributed by atoms with Crippen molar-refractivity contribution in [3.05, 3.63) is 29.1 Å². The first-order valence-corrected chi connectivity index (χ1v) is 4.81. The first kappa shape index (κ1) is 10.9. The van der Waals surface area contributed by atoms with Gasteiger partial charge in [-0.2, -0.15) is 0 Å². The van der Waals surface area contributed by atoms with E-state index >= 15 is 0 Å². The fourth-order valence-corrected chi connectivity index (χ4v) is 1.40. The van der Waals surface area contributed by atoms with Crippen molar-refractivity contribution in [3.63, 3.8) is 0 Å². The standard InChI is InChI=1S/C12H17NO/c1-8-6-11(7-9(2)13-8)12(4,5)10(3)14/h6-7H,1-5H3. The summed E-state index contributed by atoms with van der Waals surface area (Å²) < 4.78 is 0. The average Bonchev–Trinajstić information content (AvgIpc) is 2.01. The molecule has 0 atom stereocenters. The zero-order chi connectivity index (χ0) is 10.9. The monoisotopic (exact) mass is 191 g/mol. The molecule has 1 heterocycles. The summed E-state index contributed by atoms with van der Waals surface area (Å²) in [5.41, 5.74) is 2.58. The topological polar surface area (TPSA) is 30.0 Å². The van der Waals surface area contributed by atoms with Crippen LogP contribution in [0.5, 0.6) is 0 Å². The molecule has 0 saturated heterocycles. The summed E-state index contributed by atoms with van der Waals surface area (Å²) in [6, 6.07) is 3.96. The predicted octanol–water partition coefficient (Wildman–Crippen LogP) is 2.57. The third kappa shape index (κ3) is 2.00. The number of rotatable bonds is 2. The molecular formula is C12H17NO. The van der Waals surface area contributed by atoms with E-state index in [0.717, 1.165) is 17.0 Å². The van der Waals surface area contributed by atoms with Crippen LogP contribution in [0.4, 0.5) is 0 Å². The summed E-state index contributed by atoms with van der Waals surface area (Å²) in [6.07, 6.45) is 0. The van der Waals surface area contributed by atoms with E-state index < -0.39 is 5.41 Å². The Morgan fingerprint density at radius 3 is 2.00 bits per heavy atom. The third-order valence-electron chi connectivity index (χ3n) is 2.68. The molecule has 0 aliphatic carbocycles. The summed E-state index contributed by atoms with van der Waals surface area (Å²) in [7, 11) is 0. The zero-order valence-electron chi connectivity index (χ0n) is 9.51. The number of hydrogen-bond donors (Lipinski definition) is 0. The van der Waals surface area contributed by atoms with Crippen molar-refractivity contribution in [2.24, 2.45) is 0 Å². The van der Waals surface area contributed by atoms with Crippen molar-refractivity contribution in [2.75, 3.05) is 0 Å². The lowest BCUT2D eigenvalue weighted by Crippen LogP contribution is -2.26. The van der Waals surface area contributed by atoms with Crippen molar-refractivity contribution in [3.8, 4) is 0 Å². The molecule has 0 aliphatic rings. The Balaban J connectivity index is 3.25. The van der Waals surface area contributed by atoms with Gasteiger partial charge >= 0.3 is 0 Å². The van der Waals surface area contributed by atoms with Crippen molar-refractivity contribution < 1.29 is 4.79 Å². The predicted molar refractivity (Wildman–Crippen MR) is 57.4 cm³/mol. The van der Waals surface area contributed by atoms with Crippen LogP contribution < -0.4 is 0 Å². The highest BCUT2D eigenvalue weighted by Gasteiger charge is 2.26. The smallest absolute Gasteiger partial charge is 0.139 e. The van der Waals surface area contributed by atoms with Gasteiger partial charge in [-0.1, -0.05) is 0 Å². The van der Waals surface area contributed by atoms with Crippen molar-refractivity contribution in [1.82, 2.24) is 4.98 Å². The molecule has 1 rings (SSSR count). The molecule has 2 nitrogen and oxygen atoms in total. The van der Waals surface area contributed by atoms with Crippen molar-refractivity contribution >= 4 is 5.78 Å². The Labute approximate surface area is 85.4 Å². The lowest BCUT2D eigenvalue weighted by Gasteiger charge is -2.22. The van der Waals surface area contributed by atoms with Gasteiger partial charge in [0.1, 0.15) is 5.78 Å². The lowest BCUT2D eigenvalue weighted by atomic mass is 9.81. The number of carbonyl (C=O) groups excluding carboxylic acids is 1. The second kappa shape index (κ2) is 3.52. The van der Waals surface area contributed by atoms with Crippen LogP contribution in [0, 0.1) is 13.8 Å². The highest BCUT2D eigenvalue weighted by Crippen LogP contribution is 2.24. The second-order valence-corrected chi connectivity index (χ2v) is 4.32. The lowest BCUT2D eigenvalue weighted by molar-refractivity contribution is -0.121. The van der Waals surface area contributed by atoms with Crippen LogP contribution in [-0.4, -0.2) is 10.8 Å². The highest BCUT2D eigenvalue weighted by atomic mass is 16.1. The average molecular weight is 191 g/mol. The number of aryl methyl sites for hydroxylation is 2. The van der Waals surface area contributed by atoms with Gasteiger partial charge in [0.05, 0.1) is 0 Å². The number of ketones is 1. The molecule has 0 unspecified atom stereocenters. The Morgan fingerprint density at radius 2 is 1.64 bits per heavy atom. The number of hydrogen-bond acceptors (Lipinski definition) is 2. The molecule has 0 N–H and O–H groups in total. The van der Waals surface area contributed by atoms with Gasteiger partial charge in [0.15, 0.2) is 0 Å². The molecule has 0 fully saturated rings. The number of nitrogens with zero attached hydrogens (tertiary/aromatic N) is 1. The largest absolute Gasteiger partial charge is 0.299 e. The minimum absolute atomic E-state index is 0.183. The van der Waals surface area contributed by atoms with Crippen LogP contribution in [0.2, 0.25) is 0 Å². The molecule has 2 heteroatoms. The Hall–Kier alpha value is -1.18. The summed E-state index contributed by atoms with van der Waals surface area (Å²) >= 11 is 0. The maximum absolute atomic E-state index is 11.5. The fraction of sp³-hybridized carbons (Fsp3) is 0.500. The number of carbonyl (C=O) groups is 1. The van der Waals surface area contributed by atoms with Crippen LogP contribution >= 0.6 is 0 Å². The maximum atomic E-state index is 11.5. The number of Topliss-reactive ketones (excluding diaryl/α,β-unsaturated/α-hetero) is 1. The normalized spacial score (nSPS) is 11.5. The maximum Gasteiger partial charge on any atom is 0.139 e. The van der Waals surface area contributed by atoms with Gasteiger partial charge in [-0.3, -0.25) is 9.78 Å². The van der Waals surface area contributed by atoms with E-state index in [1.54, 1.807) is 6.92 Å². The van der Waals surface area contributed by atoms with Crippen LogP contribution in [-0.2, 0) is 10.2 Å². The fourth-order valence-electron chi connectivity index (χ4n) is 1.40. The minimum atomic E-state index is -0.404. The number of pyridine rings is 1. The van der Waals surface area contributed by atoms with Crippen molar-refractivity contribution in [1.29, 1.82) is 0 Å². The molecule has 0 saturated carbocycles. The SMILES string of the molecule is CC(=O)C(C)(C)c1cc(C)nc(C)c1. The summed E-state index contributed by atoms with van der Waals surface area (Å²) in [4.78, 5) is 15.8. The molecule has 0 amide bonds. The molecule has 76 valence electrons. The van der Waals surface area contributed by atoms with Gasteiger partial charge in [-0.15, -0.1) is 0 Å². The summed E-state index contributed by atoms with van der Waals surface area (Å²) in [5, 5.41) is 0. The first-order valence-electron chi connectivity index (χ1n) is 4.81. The van der Waals surface area contributed by atoms with E-state index in [-0.39, 0.29) is 5.78 Å². The summed E-state index contributed by atoms with van der Waals surface area (Å²) in [6.45, 7) is 9.43. The second-order valence-electron chi connectivity index (χ2n) is 4.32. The Bertz CT molecular complexity index is 346. The molecule has 0 aliphatic heterocycles. The highest BCUT2D eigenvalue weighted by molar-refractivity contribution is 5.87. The van der Waals surface area contributed by atoms with Gasteiger partial charge in [0.25, 0.3) is 0 Å². The molecule has 0 aromatic carbocycles. The van der Waals surface area contributed by atoms with E-state index in [2.05, 4.69) is 4.98 Å². The minimum Gasteiger partial charge on any atom is -0.299 e. The van der Waals surface area contributed by atoms with Crippen molar-refractivity contribution in [2.45, 2.75) is 40.0 Å². The van der Waals surface area contributed by atoms with Gasteiger partial charge in [-0.25, -0.2) is 0 Å². The Morgan fingerprint density at radius 1 is 1.21 bits per heavy atom. The van der Waals surface area contributed by atoms with Crippen LogP contribution in [0.25, 0.3) is 0 Å². The van der Waals surface area contributed by atoms with E-state index in [9.17, 15) is 4.79 Å². The molecule has 1 aromatic rings. The Kier molecular flexibility index (Phi) is 2.74. The zero-order valence-corrected chi connectivity index (χ0v) is 9.51. The first-order chi connectivity index (χ1) is 6.34. The van der Waals surface area contributed by atoms with E-state index in [1.165, 1.54) is 0 Å². The van der Waals surface area contributed by atoms with E-state index in [1.807, 2.05) is 39.8 Å². The van der Waals surface area contributed by atoms with Crippen LogP contribution in [0.3, 0.4) is 0 Å². The quantitative estimate of drug-likeness (QED) is 0.719. The molecule has 14 heavy (non-hydrogen) atoms.